The zero-order chi connectivity index (χ0) is 18.7. The second-order valence-corrected chi connectivity index (χ2v) is 8.24. The molecule has 0 atom stereocenters. The molecule has 1 amide bonds. The van der Waals surface area contributed by atoms with Crippen LogP contribution in [0.15, 0.2) is 24.3 Å². The van der Waals surface area contributed by atoms with Gasteiger partial charge in [-0.15, -0.1) is 5.10 Å². The van der Waals surface area contributed by atoms with Gasteiger partial charge in [-0.05, 0) is 34.9 Å². The third-order valence-electron chi connectivity index (χ3n) is 4.58. The highest BCUT2D eigenvalue weighted by atomic mass is 16.2. The van der Waals surface area contributed by atoms with Crippen molar-refractivity contribution in [3.8, 4) is 5.69 Å². The monoisotopic (exact) mass is 356 g/mol. The van der Waals surface area contributed by atoms with Crippen molar-refractivity contribution in [3.05, 3.63) is 35.7 Å². The highest BCUT2D eigenvalue weighted by molar-refractivity contribution is 5.76. The van der Waals surface area contributed by atoms with Crippen LogP contribution in [-0.4, -0.2) is 62.1 Å². The molecule has 1 aromatic carbocycles. The molecule has 1 aromatic heterocycles. The van der Waals surface area contributed by atoms with Crippen molar-refractivity contribution in [3.63, 3.8) is 0 Å². The van der Waals surface area contributed by atoms with Crippen LogP contribution in [0.3, 0.4) is 0 Å². The largest absolute Gasteiger partial charge is 0.340 e. The lowest BCUT2D eigenvalue weighted by Crippen LogP contribution is -2.49. The summed E-state index contributed by atoms with van der Waals surface area (Å²) in [5.74, 6) is 1.07. The molecule has 3 rings (SSSR count). The number of aromatic nitrogens is 4. The Morgan fingerprint density at radius 3 is 2.35 bits per heavy atom. The minimum Gasteiger partial charge on any atom is -0.340 e. The maximum absolute atomic E-state index is 12.4. The average Bonchev–Trinajstić information content (AvgIpc) is 3.03. The molecule has 7 nitrogen and oxygen atoms in total. The van der Waals surface area contributed by atoms with Crippen LogP contribution in [0, 0.1) is 12.3 Å². The summed E-state index contributed by atoms with van der Waals surface area (Å²) in [4.78, 5) is 16.7. The smallest absolute Gasteiger partial charge is 0.223 e. The van der Waals surface area contributed by atoms with E-state index in [0.717, 1.165) is 37.7 Å². The first kappa shape index (κ1) is 18.5. The Morgan fingerprint density at radius 2 is 1.73 bits per heavy atom. The van der Waals surface area contributed by atoms with Crippen molar-refractivity contribution in [1.29, 1.82) is 0 Å². The normalized spacial score (nSPS) is 16.1. The van der Waals surface area contributed by atoms with Gasteiger partial charge in [-0.25, -0.2) is 0 Å². The Hall–Kier alpha value is -2.28. The maximum Gasteiger partial charge on any atom is 0.223 e. The van der Waals surface area contributed by atoms with Crippen LogP contribution in [0.5, 0.6) is 0 Å². The summed E-state index contributed by atoms with van der Waals surface area (Å²) in [5.41, 5.74) is 2.21. The molecule has 0 N–H and O–H groups in total. The van der Waals surface area contributed by atoms with E-state index in [1.165, 1.54) is 5.56 Å². The number of carbonyl (C=O) groups excluding carboxylic acids is 1. The zero-order valence-electron chi connectivity index (χ0n) is 16.1. The van der Waals surface area contributed by atoms with E-state index in [1.54, 1.807) is 4.68 Å². The first-order chi connectivity index (χ1) is 12.3. The van der Waals surface area contributed by atoms with Crippen LogP contribution in [0.4, 0.5) is 0 Å². The number of carbonyl (C=O) groups is 1. The van der Waals surface area contributed by atoms with Crippen molar-refractivity contribution in [2.24, 2.45) is 5.41 Å². The molecule has 1 aliphatic heterocycles. The number of aryl methyl sites for hydroxylation is 1. The Morgan fingerprint density at radius 1 is 1.08 bits per heavy atom. The lowest BCUT2D eigenvalue weighted by atomic mass is 9.91. The Balaban J connectivity index is 1.58. The van der Waals surface area contributed by atoms with E-state index in [-0.39, 0.29) is 11.3 Å². The van der Waals surface area contributed by atoms with Gasteiger partial charge in [0.15, 0.2) is 5.82 Å². The molecule has 2 aromatic rings. The number of benzene rings is 1. The second-order valence-electron chi connectivity index (χ2n) is 8.24. The number of rotatable bonds is 4. The summed E-state index contributed by atoms with van der Waals surface area (Å²) in [6, 6.07) is 8.16. The van der Waals surface area contributed by atoms with E-state index in [1.807, 2.05) is 17.0 Å². The first-order valence-corrected chi connectivity index (χ1v) is 9.16. The Bertz CT molecular complexity index is 738. The van der Waals surface area contributed by atoms with E-state index in [2.05, 4.69) is 60.3 Å². The predicted molar refractivity (Wildman–Crippen MR) is 99.8 cm³/mol. The van der Waals surface area contributed by atoms with Crippen LogP contribution in [-0.2, 0) is 11.3 Å². The zero-order valence-corrected chi connectivity index (χ0v) is 16.1. The highest BCUT2D eigenvalue weighted by Gasteiger charge is 2.25. The summed E-state index contributed by atoms with van der Waals surface area (Å²) in [5, 5.41) is 12.2. The SMILES string of the molecule is Cc1ccc(-n2nnnc2CN2CCN(C(=O)CC(C)(C)C)CC2)cc1. The molecule has 1 saturated heterocycles. The number of hydrogen-bond acceptors (Lipinski definition) is 5. The molecule has 0 saturated carbocycles. The summed E-state index contributed by atoms with van der Waals surface area (Å²) in [6.45, 7) is 12.3. The average molecular weight is 356 g/mol. The quantitative estimate of drug-likeness (QED) is 0.839. The number of nitrogens with zero attached hydrogens (tertiary/aromatic N) is 6. The summed E-state index contributed by atoms with van der Waals surface area (Å²) in [7, 11) is 0. The van der Waals surface area contributed by atoms with Crippen molar-refractivity contribution in [2.45, 2.75) is 40.7 Å². The molecule has 0 bridgehead atoms. The van der Waals surface area contributed by atoms with Gasteiger partial charge in [0.05, 0.1) is 12.2 Å². The number of piperazine rings is 1. The van der Waals surface area contributed by atoms with Gasteiger partial charge in [0.1, 0.15) is 0 Å². The fourth-order valence-electron chi connectivity index (χ4n) is 3.11. The van der Waals surface area contributed by atoms with E-state index < -0.39 is 0 Å². The molecule has 1 fully saturated rings. The fraction of sp³-hybridized carbons (Fsp3) is 0.579. The Kier molecular flexibility index (Phi) is 5.36. The molecule has 26 heavy (non-hydrogen) atoms. The molecule has 7 heteroatoms. The second kappa shape index (κ2) is 7.53. The van der Waals surface area contributed by atoms with Gasteiger partial charge in [0.2, 0.25) is 5.91 Å². The third-order valence-corrected chi connectivity index (χ3v) is 4.58. The van der Waals surface area contributed by atoms with Crippen LogP contribution in [0.1, 0.15) is 38.6 Å². The van der Waals surface area contributed by atoms with Gasteiger partial charge < -0.3 is 4.90 Å². The van der Waals surface area contributed by atoms with Gasteiger partial charge >= 0.3 is 0 Å². The van der Waals surface area contributed by atoms with Crippen molar-refractivity contribution in [1.82, 2.24) is 30.0 Å². The minimum absolute atomic E-state index is 0.0321. The molecular formula is C19H28N6O. The van der Waals surface area contributed by atoms with E-state index in [9.17, 15) is 4.79 Å². The molecule has 1 aliphatic rings. The minimum atomic E-state index is 0.0321. The van der Waals surface area contributed by atoms with E-state index in [0.29, 0.717) is 13.0 Å². The predicted octanol–water partition coefficient (Wildman–Crippen LogP) is 2.05. The van der Waals surface area contributed by atoms with Gasteiger partial charge in [-0.2, -0.15) is 4.68 Å². The number of amides is 1. The molecule has 0 spiro atoms. The Labute approximate surface area is 155 Å². The molecule has 140 valence electrons. The standard InChI is InChI=1S/C19H28N6O/c1-15-5-7-16(8-6-15)25-17(20-21-22-25)14-23-9-11-24(12-10-23)18(26)13-19(2,3)4/h5-8H,9-14H2,1-4H3. The molecule has 0 unspecified atom stereocenters. The van der Waals surface area contributed by atoms with Crippen molar-refractivity contribution in [2.75, 3.05) is 26.2 Å². The molecule has 0 aliphatic carbocycles. The van der Waals surface area contributed by atoms with Crippen LogP contribution in [0.25, 0.3) is 5.69 Å². The molecule has 0 radical (unpaired) electrons. The van der Waals surface area contributed by atoms with Crippen molar-refractivity contribution >= 4 is 5.91 Å². The van der Waals surface area contributed by atoms with Gasteiger partial charge in [0.25, 0.3) is 0 Å². The molecule has 2 heterocycles. The fourth-order valence-corrected chi connectivity index (χ4v) is 3.11. The summed E-state index contributed by atoms with van der Waals surface area (Å²) >= 11 is 0. The van der Waals surface area contributed by atoms with Gasteiger partial charge in [-0.1, -0.05) is 38.5 Å². The third kappa shape index (κ3) is 4.66. The first-order valence-electron chi connectivity index (χ1n) is 9.16. The van der Waals surface area contributed by atoms with Crippen molar-refractivity contribution < 1.29 is 4.79 Å². The molecular weight excluding hydrogens is 328 g/mol. The number of hydrogen-bond donors (Lipinski definition) is 0. The lowest BCUT2D eigenvalue weighted by molar-refractivity contribution is -0.134. The topological polar surface area (TPSA) is 67.2 Å². The number of tetrazole rings is 1. The van der Waals surface area contributed by atoms with Gasteiger partial charge in [0, 0.05) is 32.6 Å². The van der Waals surface area contributed by atoms with Crippen LogP contribution < -0.4 is 0 Å². The van der Waals surface area contributed by atoms with E-state index in [4.69, 9.17) is 0 Å². The van der Waals surface area contributed by atoms with Crippen LogP contribution in [0.2, 0.25) is 0 Å². The van der Waals surface area contributed by atoms with Gasteiger partial charge in [-0.3, -0.25) is 9.69 Å². The van der Waals surface area contributed by atoms with Crippen LogP contribution >= 0.6 is 0 Å². The summed E-state index contributed by atoms with van der Waals surface area (Å²) in [6.07, 6.45) is 0.596. The highest BCUT2D eigenvalue weighted by Crippen LogP contribution is 2.20. The van der Waals surface area contributed by atoms with E-state index >= 15 is 0 Å². The summed E-state index contributed by atoms with van der Waals surface area (Å²) < 4.78 is 1.79. The lowest BCUT2D eigenvalue weighted by Gasteiger charge is -2.35. The maximum atomic E-state index is 12.4.